The zero-order valence-electron chi connectivity index (χ0n) is 9.98. The highest BCUT2D eigenvalue weighted by Crippen LogP contribution is 2.30. The van der Waals surface area contributed by atoms with Crippen LogP contribution < -0.4 is 4.74 Å². The van der Waals surface area contributed by atoms with Gasteiger partial charge in [0.25, 0.3) is 0 Å². The molecule has 100 valence electrons. The molecular weight excluding hydrogens is 330 g/mol. The van der Waals surface area contributed by atoms with E-state index in [2.05, 4.69) is 25.9 Å². The van der Waals surface area contributed by atoms with E-state index in [-0.39, 0.29) is 5.75 Å². The van der Waals surface area contributed by atoms with E-state index in [0.717, 1.165) is 16.6 Å². The average molecular weight is 337 g/mol. The lowest BCUT2D eigenvalue weighted by Crippen LogP contribution is -1.92. The SMILES string of the molecule is Fc1ccc(Oc2ccnc3cc(Br)cnc23)c(F)c1. The van der Waals surface area contributed by atoms with Gasteiger partial charge in [-0.2, -0.15) is 0 Å². The van der Waals surface area contributed by atoms with Gasteiger partial charge in [-0.15, -0.1) is 0 Å². The molecule has 0 amide bonds. The Hall–Kier alpha value is -2.08. The summed E-state index contributed by atoms with van der Waals surface area (Å²) in [6.45, 7) is 0. The maximum atomic E-state index is 13.6. The van der Waals surface area contributed by atoms with Crippen molar-refractivity contribution in [3.05, 3.63) is 58.8 Å². The third-order valence-corrected chi connectivity index (χ3v) is 3.05. The van der Waals surface area contributed by atoms with E-state index in [9.17, 15) is 8.78 Å². The number of nitrogens with zero attached hydrogens (tertiary/aromatic N) is 2. The third-order valence-electron chi connectivity index (χ3n) is 2.62. The standard InChI is InChI=1S/C14H7BrF2N2O/c15-8-5-11-14(19-7-8)13(3-4-18-11)20-12-2-1-9(16)6-10(12)17/h1-7H. The molecule has 0 spiro atoms. The molecule has 0 fully saturated rings. The van der Waals surface area contributed by atoms with Crippen molar-refractivity contribution in [3.63, 3.8) is 0 Å². The highest BCUT2D eigenvalue weighted by molar-refractivity contribution is 9.10. The van der Waals surface area contributed by atoms with Crippen molar-refractivity contribution in [2.45, 2.75) is 0 Å². The van der Waals surface area contributed by atoms with Crippen molar-refractivity contribution >= 4 is 27.0 Å². The van der Waals surface area contributed by atoms with E-state index >= 15 is 0 Å². The Bertz CT molecular complexity index is 795. The van der Waals surface area contributed by atoms with Crippen molar-refractivity contribution in [1.29, 1.82) is 0 Å². The van der Waals surface area contributed by atoms with Gasteiger partial charge < -0.3 is 4.74 Å². The zero-order valence-corrected chi connectivity index (χ0v) is 11.6. The van der Waals surface area contributed by atoms with E-state index in [0.29, 0.717) is 16.8 Å². The lowest BCUT2D eigenvalue weighted by atomic mass is 10.3. The summed E-state index contributed by atoms with van der Waals surface area (Å²) in [6.07, 6.45) is 3.13. The molecule has 3 aromatic rings. The molecule has 1 aromatic carbocycles. The van der Waals surface area contributed by atoms with Crippen LogP contribution in [0.15, 0.2) is 47.2 Å². The molecule has 0 saturated heterocycles. The number of aromatic nitrogens is 2. The van der Waals surface area contributed by atoms with Gasteiger partial charge >= 0.3 is 0 Å². The molecular formula is C14H7BrF2N2O. The Balaban J connectivity index is 2.06. The van der Waals surface area contributed by atoms with Crippen molar-refractivity contribution in [2.75, 3.05) is 0 Å². The van der Waals surface area contributed by atoms with Crippen LogP contribution in [0.2, 0.25) is 0 Å². The van der Waals surface area contributed by atoms with Gasteiger partial charge in [0.15, 0.2) is 17.3 Å². The lowest BCUT2D eigenvalue weighted by molar-refractivity contribution is 0.440. The molecule has 0 aliphatic heterocycles. The second-order valence-corrected chi connectivity index (χ2v) is 4.92. The van der Waals surface area contributed by atoms with Gasteiger partial charge in [-0.05, 0) is 34.1 Å². The zero-order chi connectivity index (χ0) is 14.1. The molecule has 20 heavy (non-hydrogen) atoms. The molecule has 2 heterocycles. The Morgan fingerprint density at radius 2 is 1.85 bits per heavy atom. The maximum Gasteiger partial charge on any atom is 0.168 e. The summed E-state index contributed by atoms with van der Waals surface area (Å²) in [5, 5.41) is 0. The fourth-order valence-corrected chi connectivity index (χ4v) is 2.06. The van der Waals surface area contributed by atoms with Crippen LogP contribution in [-0.4, -0.2) is 9.97 Å². The Morgan fingerprint density at radius 1 is 1.00 bits per heavy atom. The van der Waals surface area contributed by atoms with Crippen LogP contribution in [0.4, 0.5) is 8.78 Å². The van der Waals surface area contributed by atoms with Crippen molar-refractivity contribution in [3.8, 4) is 11.5 Å². The van der Waals surface area contributed by atoms with Crippen LogP contribution in [-0.2, 0) is 0 Å². The molecule has 0 bridgehead atoms. The fourth-order valence-electron chi connectivity index (χ4n) is 1.74. The normalized spacial score (nSPS) is 10.8. The quantitative estimate of drug-likeness (QED) is 0.692. The smallest absolute Gasteiger partial charge is 0.168 e. The number of pyridine rings is 2. The van der Waals surface area contributed by atoms with Crippen LogP contribution in [0, 0.1) is 11.6 Å². The van der Waals surface area contributed by atoms with Crippen molar-refractivity contribution in [1.82, 2.24) is 9.97 Å². The van der Waals surface area contributed by atoms with E-state index in [4.69, 9.17) is 4.74 Å². The summed E-state index contributed by atoms with van der Waals surface area (Å²) in [5.41, 5.74) is 1.11. The molecule has 3 nitrogen and oxygen atoms in total. The monoisotopic (exact) mass is 336 g/mol. The first kappa shape index (κ1) is 12.9. The minimum Gasteiger partial charge on any atom is -0.452 e. The Morgan fingerprint density at radius 3 is 2.65 bits per heavy atom. The topological polar surface area (TPSA) is 35.0 Å². The summed E-state index contributed by atoms with van der Waals surface area (Å²) in [7, 11) is 0. The van der Waals surface area contributed by atoms with Gasteiger partial charge in [0, 0.05) is 29.0 Å². The predicted octanol–water partition coefficient (Wildman–Crippen LogP) is 4.46. The average Bonchev–Trinajstić information content (AvgIpc) is 2.41. The number of fused-ring (bicyclic) bond motifs is 1. The number of benzene rings is 1. The minimum atomic E-state index is -0.771. The molecule has 3 rings (SSSR count). The third kappa shape index (κ3) is 2.46. The van der Waals surface area contributed by atoms with Crippen molar-refractivity contribution in [2.24, 2.45) is 0 Å². The Kier molecular flexibility index (Phi) is 3.31. The van der Waals surface area contributed by atoms with Crippen LogP contribution in [0.25, 0.3) is 11.0 Å². The van der Waals surface area contributed by atoms with Gasteiger partial charge in [0.1, 0.15) is 11.3 Å². The number of hydrogen-bond acceptors (Lipinski definition) is 3. The van der Waals surface area contributed by atoms with Gasteiger partial charge in [0.05, 0.1) is 5.52 Å². The summed E-state index contributed by atoms with van der Waals surface area (Å²) < 4.78 is 32.7. The molecule has 0 radical (unpaired) electrons. The van der Waals surface area contributed by atoms with E-state index in [1.165, 1.54) is 12.3 Å². The predicted molar refractivity (Wildman–Crippen MR) is 73.7 cm³/mol. The minimum absolute atomic E-state index is 0.0661. The first-order valence-corrected chi connectivity index (χ1v) is 6.46. The summed E-state index contributed by atoms with van der Waals surface area (Å²) in [6, 6.07) is 6.48. The largest absolute Gasteiger partial charge is 0.452 e. The van der Waals surface area contributed by atoms with Gasteiger partial charge in [-0.25, -0.2) is 13.8 Å². The summed E-state index contributed by atoms with van der Waals surface area (Å²) in [4.78, 5) is 8.35. The molecule has 2 aromatic heterocycles. The highest BCUT2D eigenvalue weighted by Gasteiger charge is 2.10. The maximum absolute atomic E-state index is 13.6. The molecule has 0 aliphatic carbocycles. The highest BCUT2D eigenvalue weighted by atomic mass is 79.9. The molecule has 6 heteroatoms. The van der Waals surface area contributed by atoms with Crippen LogP contribution in [0.1, 0.15) is 0 Å². The summed E-state index contributed by atoms with van der Waals surface area (Å²) >= 11 is 3.30. The molecule has 0 saturated carbocycles. The van der Waals surface area contributed by atoms with E-state index < -0.39 is 11.6 Å². The first-order valence-electron chi connectivity index (χ1n) is 5.66. The van der Waals surface area contributed by atoms with Crippen LogP contribution in [0.5, 0.6) is 11.5 Å². The van der Waals surface area contributed by atoms with E-state index in [1.807, 2.05) is 0 Å². The summed E-state index contributed by atoms with van der Waals surface area (Å²) in [5.74, 6) is -1.14. The number of hydrogen-bond donors (Lipinski definition) is 0. The first-order chi connectivity index (χ1) is 9.63. The van der Waals surface area contributed by atoms with Crippen molar-refractivity contribution < 1.29 is 13.5 Å². The van der Waals surface area contributed by atoms with Gasteiger partial charge in [0.2, 0.25) is 0 Å². The Labute approximate surface area is 121 Å². The van der Waals surface area contributed by atoms with Crippen LogP contribution in [0.3, 0.4) is 0 Å². The fraction of sp³-hybridized carbons (Fsp3) is 0. The molecule has 0 atom stereocenters. The van der Waals surface area contributed by atoms with Gasteiger partial charge in [-0.3, -0.25) is 4.98 Å². The molecule has 0 N–H and O–H groups in total. The van der Waals surface area contributed by atoms with Gasteiger partial charge in [-0.1, -0.05) is 0 Å². The molecule has 0 aliphatic rings. The molecule has 0 unspecified atom stereocenters. The lowest BCUT2D eigenvalue weighted by Gasteiger charge is -2.08. The number of halogens is 3. The van der Waals surface area contributed by atoms with Crippen LogP contribution >= 0.6 is 15.9 Å². The van der Waals surface area contributed by atoms with E-state index in [1.54, 1.807) is 18.3 Å². The second-order valence-electron chi connectivity index (χ2n) is 4.01. The number of ether oxygens (including phenoxy) is 1. The number of rotatable bonds is 2. The second kappa shape index (κ2) is 5.13.